The van der Waals surface area contributed by atoms with Crippen molar-refractivity contribution in [2.24, 2.45) is 0 Å². The van der Waals surface area contributed by atoms with Crippen molar-refractivity contribution in [1.82, 2.24) is 0 Å². The molecule has 0 heterocycles. The quantitative estimate of drug-likeness (QED) is 0.0996. The molecule has 0 amide bonds. The van der Waals surface area contributed by atoms with E-state index in [-0.39, 0.29) is 6.42 Å². The molecule has 0 radical (unpaired) electrons. The number of rotatable bonds is 26. The summed E-state index contributed by atoms with van der Waals surface area (Å²) in [5.74, 6) is -0.914. The maximum absolute atomic E-state index is 10.2. The molecule has 0 aliphatic carbocycles. The van der Waals surface area contributed by atoms with E-state index in [1.54, 1.807) is 0 Å². The van der Waals surface area contributed by atoms with E-state index >= 15 is 0 Å². The largest absolute Gasteiger partial charge is 0.550 e. The molecule has 0 aliphatic rings. The molecule has 0 aromatic rings. The monoisotopic (exact) mass is 481 g/mol. The Morgan fingerprint density at radius 1 is 0.529 bits per heavy atom. The number of carbonyl (C=O) groups excluding carboxylic acids is 1. The second-order valence-corrected chi connectivity index (χ2v) is 10.1. The second-order valence-electron chi connectivity index (χ2n) is 10.1. The lowest BCUT2D eigenvalue weighted by Crippen LogP contribution is -2.50. The van der Waals surface area contributed by atoms with Crippen molar-refractivity contribution in [3.8, 4) is 0 Å². The Balaban J connectivity index is 0. The van der Waals surface area contributed by atoms with E-state index in [0.717, 1.165) is 25.8 Å². The molecule has 0 saturated heterocycles. The van der Waals surface area contributed by atoms with Crippen LogP contribution in [-0.2, 0) is 4.79 Å². The van der Waals surface area contributed by atoms with Crippen LogP contribution in [0.2, 0.25) is 0 Å². The van der Waals surface area contributed by atoms with Gasteiger partial charge in [-0.25, -0.2) is 0 Å². The first-order valence-electron chi connectivity index (χ1n) is 15.3. The Morgan fingerprint density at radius 2 is 0.853 bits per heavy atom. The summed E-state index contributed by atoms with van der Waals surface area (Å²) in [4.78, 5) is 10.2. The van der Waals surface area contributed by atoms with Crippen LogP contribution in [-0.4, -0.2) is 12.5 Å². The van der Waals surface area contributed by atoms with Crippen LogP contribution >= 0.6 is 0 Å². The fourth-order valence-electron chi connectivity index (χ4n) is 4.18. The number of allylic oxidation sites excluding steroid dienone is 2. The van der Waals surface area contributed by atoms with Crippen molar-refractivity contribution >= 4 is 5.97 Å². The molecule has 0 aromatic heterocycles. The van der Waals surface area contributed by atoms with Gasteiger partial charge in [-0.15, -0.1) is 0 Å². The minimum absolute atomic E-state index is 0.220. The van der Waals surface area contributed by atoms with Crippen molar-refractivity contribution in [1.29, 1.82) is 0 Å². The number of carbonyl (C=O) groups is 1. The lowest BCUT2D eigenvalue weighted by Gasteiger charge is -2.01. The highest BCUT2D eigenvalue weighted by atomic mass is 16.4. The minimum Gasteiger partial charge on any atom is -0.550 e. The van der Waals surface area contributed by atoms with Crippen LogP contribution in [0.25, 0.3) is 0 Å². The van der Waals surface area contributed by atoms with Crippen LogP contribution in [0.1, 0.15) is 174 Å². The zero-order valence-electron chi connectivity index (χ0n) is 23.6. The summed E-state index contributed by atoms with van der Waals surface area (Å²) in [7, 11) is 0. The lowest BCUT2D eigenvalue weighted by molar-refractivity contribution is -0.368. The van der Waals surface area contributed by atoms with Crippen molar-refractivity contribution < 1.29 is 15.6 Å². The number of quaternary nitrogens is 1. The van der Waals surface area contributed by atoms with Gasteiger partial charge >= 0.3 is 0 Å². The van der Waals surface area contributed by atoms with Crippen LogP contribution in [0.3, 0.4) is 0 Å². The van der Waals surface area contributed by atoms with Gasteiger partial charge in [0.2, 0.25) is 0 Å². The predicted molar refractivity (Wildman–Crippen MR) is 149 cm³/mol. The standard InChI is InChI=1S/C18H34O2.C13H29N/c1-2-3-4-5-6-7-8-9-10-11-12-13-14-15-16-17-18(19)20;1-2-3-4-5-6-7-8-9-10-11-12-13-14/h9-10H,2-8,11-17H2,1H3,(H,19,20);2-14H2,1H3/b10-9-;. The molecule has 0 unspecified atom stereocenters. The van der Waals surface area contributed by atoms with Crippen LogP contribution in [0.4, 0.5) is 0 Å². The first kappa shape index (κ1) is 35.3. The maximum Gasteiger partial charge on any atom is 0.0739 e. The third-order valence-electron chi connectivity index (χ3n) is 6.50. The number of carboxylic acid groups (broad SMARTS) is 1. The molecule has 0 fully saturated rings. The topological polar surface area (TPSA) is 67.8 Å². The number of carboxylic acids is 1. The Hall–Kier alpha value is -0.830. The van der Waals surface area contributed by atoms with Gasteiger partial charge in [0.1, 0.15) is 0 Å². The van der Waals surface area contributed by atoms with Crippen molar-refractivity contribution in [3.63, 3.8) is 0 Å². The normalized spacial score (nSPS) is 11.0. The lowest BCUT2D eigenvalue weighted by atomic mass is 10.1. The average molecular weight is 482 g/mol. The van der Waals surface area contributed by atoms with Gasteiger partial charge in [-0.3, -0.25) is 0 Å². The van der Waals surface area contributed by atoms with Gasteiger partial charge in [-0.1, -0.05) is 135 Å². The van der Waals surface area contributed by atoms with Crippen molar-refractivity contribution in [2.75, 3.05) is 6.54 Å². The van der Waals surface area contributed by atoms with Crippen LogP contribution in [0.5, 0.6) is 0 Å². The zero-order valence-corrected chi connectivity index (χ0v) is 23.6. The van der Waals surface area contributed by atoms with Gasteiger partial charge in [0.25, 0.3) is 0 Å². The van der Waals surface area contributed by atoms with Crippen molar-refractivity contribution in [2.45, 2.75) is 174 Å². The van der Waals surface area contributed by atoms with E-state index < -0.39 is 5.97 Å². The smallest absolute Gasteiger partial charge is 0.0739 e. The number of aliphatic carboxylic acids is 1. The highest BCUT2D eigenvalue weighted by Crippen LogP contribution is 2.11. The molecule has 3 nitrogen and oxygen atoms in total. The fourth-order valence-corrected chi connectivity index (χ4v) is 4.18. The van der Waals surface area contributed by atoms with Gasteiger partial charge in [0, 0.05) is 5.97 Å². The molecule has 0 rings (SSSR count). The highest BCUT2D eigenvalue weighted by Gasteiger charge is 1.93. The molecule has 0 spiro atoms. The molecular weight excluding hydrogens is 418 g/mol. The van der Waals surface area contributed by atoms with Crippen LogP contribution in [0.15, 0.2) is 12.2 Å². The van der Waals surface area contributed by atoms with Gasteiger partial charge in [0.05, 0.1) is 6.54 Å². The third-order valence-corrected chi connectivity index (χ3v) is 6.50. The Labute approximate surface area is 214 Å². The van der Waals surface area contributed by atoms with Crippen molar-refractivity contribution in [3.05, 3.63) is 12.2 Å². The number of unbranched alkanes of at least 4 members (excludes halogenated alkanes) is 21. The van der Waals surface area contributed by atoms with Crippen LogP contribution < -0.4 is 10.8 Å². The Kier molecular flexibility index (Phi) is 35.7. The SMILES string of the molecule is CCCCCCCC/C=C\CCCCCCCC(=O)[O-].CCCCCCCCCCCCC[NH3+]. The molecule has 0 aliphatic heterocycles. The molecule has 3 heteroatoms. The molecule has 0 saturated carbocycles. The summed E-state index contributed by atoms with van der Waals surface area (Å²) >= 11 is 0. The zero-order chi connectivity index (χ0) is 25.4. The number of hydrogen-bond acceptors (Lipinski definition) is 2. The third kappa shape index (κ3) is 38.4. The molecule has 0 bridgehead atoms. The summed E-state index contributed by atoms with van der Waals surface area (Å²) in [6.45, 7) is 5.66. The predicted octanol–water partition coefficient (Wildman–Crippen LogP) is 8.31. The summed E-state index contributed by atoms with van der Waals surface area (Å²) in [5.41, 5.74) is 3.86. The molecular formula is C31H63NO2. The second kappa shape index (κ2) is 34.3. The molecule has 34 heavy (non-hydrogen) atoms. The summed E-state index contributed by atoms with van der Waals surface area (Å²) in [6.07, 6.45) is 36.6. The Morgan fingerprint density at radius 3 is 1.21 bits per heavy atom. The van der Waals surface area contributed by atoms with E-state index in [4.69, 9.17) is 0 Å². The molecule has 0 aromatic carbocycles. The first-order chi connectivity index (χ1) is 16.7. The van der Waals surface area contributed by atoms with E-state index in [2.05, 4.69) is 31.7 Å². The van der Waals surface area contributed by atoms with E-state index in [9.17, 15) is 9.90 Å². The minimum atomic E-state index is -0.914. The number of hydrogen-bond donors (Lipinski definition) is 1. The van der Waals surface area contributed by atoms with Gasteiger partial charge < -0.3 is 15.6 Å². The van der Waals surface area contributed by atoms with E-state index in [0.29, 0.717) is 0 Å². The summed E-state index contributed by atoms with van der Waals surface area (Å²) in [5, 5.41) is 10.2. The van der Waals surface area contributed by atoms with E-state index in [1.807, 2.05) is 0 Å². The Bertz CT molecular complexity index is 383. The van der Waals surface area contributed by atoms with E-state index in [1.165, 1.54) is 135 Å². The summed E-state index contributed by atoms with van der Waals surface area (Å²) in [6, 6.07) is 0. The highest BCUT2D eigenvalue weighted by molar-refractivity contribution is 5.64. The summed E-state index contributed by atoms with van der Waals surface area (Å²) < 4.78 is 0. The molecule has 3 N–H and O–H groups in total. The van der Waals surface area contributed by atoms with Gasteiger partial charge in [-0.2, -0.15) is 0 Å². The first-order valence-corrected chi connectivity index (χ1v) is 15.3. The van der Waals surface area contributed by atoms with Crippen LogP contribution in [0, 0.1) is 0 Å². The average Bonchev–Trinajstić information content (AvgIpc) is 2.83. The van der Waals surface area contributed by atoms with Gasteiger partial charge in [0.15, 0.2) is 0 Å². The fraction of sp³-hybridized carbons (Fsp3) is 0.903. The maximum atomic E-state index is 10.2. The van der Waals surface area contributed by atoms with Gasteiger partial charge in [-0.05, 0) is 51.4 Å². The molecule has 204 valence electrons. The molecule has 0 atom stereocenters.